The average Bonchev–Trinajstić information content (AvgIpc) is 2.76. The predicted molar refractivity (Wildman–Crippen MR) is 79.5 cm³/mol. The molecule has 0 amide bonds. The third kappa shape index (κ3) is 2.11. The zero-order valence-corrected chi connectivity index (χ0v) is 11.5. The van der Waals surface area contributed by atoms with Gasteiger partial charge in [0.05, 0.1) is 16.9 Å². The smallest absolute Gasteiger partial charge is 0.338 e. The number of aromatic carboxylic acids is 1. The van der Waals surface area contributed by atoms with E-state index in [4.69, 9.17) is 10.8 Å². The number of carbonyl (C=O) groups is 1. The van der Waals surface area contributed by atoms with Crippen molar-refractivity contribution in [2.24, 2.45) is 0 Å². The van der Waals surface area contributed by atoms with Crippen molar-refractivity contribution in [3.63, 3.8) is 0 Å². The summed E-state index contributed by atoms with van der Waals surface area (Å²) < 4.78 is 14.0. The first-order valence-electron chi connectivity index (χ1n) is 6.68. The average molecular weight is 286 g/mol. The van der Waals surface area contributed by atoms with Gasteiger partial charge in [0.15, 0.2) is 0 Å². The summed E-state index contributed by atoms with van der Waals surface area (Å²) in [6, 6.07) is 10.4. The summed E-state index contributed by atoms with van der Waals surface area (Å²) in [6.07, 6.45) is 0.845. The maximum atomic E-state index is 14.0. The van der Waals surface area contributed by atoms with Crippen LogP contribution in [-0.2, 0) is 6.42 Å². The minimum absolute atomic E-state index is 0.139. The van der Waals surface area contributed by atoms with Crippen molar-refractivity contribution < 1.29 is 14.3 Å². The molecule has 1 aliphatic heterocycles. The van der Waals surface area contributed by atoms with E-state index in [1.165, 1.54) is 17.7 Å². The Morgan fingerprint density at radius 3 is 2.76 bits per heavy atom. The van der Waals surface area contributed by atoms with E-state index < -0.39 is 17.3 Å². The van der Waals surface area contributed by atoms with E-state index in [0.29, 0.717) is 5.69 Å². The first-order chi connectivity index (χ1) is 9.99. The van der Waals surface area contributed by atoms with Crippen LogP contribution in [0.25, 0.3) is 0 Å². The van der Waals surface area contributed by atoms with Gasteiger partial charge in [-0.05, 0) is 31.0 Å². The highest BCUT2D eigenvalue weighted by Gasteiger charge is 2.29. The number of nitrogen functional groups attached to an aromatic ring is 1. The van der Waals surface area contributed by atoms with Crippen molar-refractivity contribution in [3.05, 3.63) is 53.3 Å². The molecule has 0 spiro atoms. The zero-order chi connectivity index (χ0) is 15.1. The summed E-state index contributed by atoms with van der Waals surface area (Å²) in [5, 5.41) is 8.95. The Morgan fingerprint density at radius 2 is 2.05 bits per heavy atom. The van der Waals surface area contributed by atoms with Crippen LogP contribution in [0.2, 0.25) is 0 Å². The maximum absolute atomic E-state index is 14.0. The fraction of sp³-hybridized carbons (Fsp3) is 0.188. The number of para-hydroxylation sites is 1. The summed E-state index contributed by atoms with van der Waals surface area (Å²) in [6.45, 7) is 2.03. The number of nitrogens with two attached hydrogens (primary N) is 1. The number of hydrogen-bond donors (Lipinski definition) is 2. The van der Waals surface area contributed by atoms with Crippen molar-refractivity contribution in [1.29, 1.82) is 0 Å². The van der Waals surface area contributed by atoms with Crippen LogP contribution in [0.5, 0.6) is 0 Å². The van der Waals surface area contributed by atoms with Crippen LogP contribution < -0.4 is 10.6 Å². The maximum Gasteiger partial charge on any atom is 0.338 e. The fourth-order valence-electron chi connectivity index (χ4n) is 2.88. The number of carboxylic acid groups (broad SMARTS) is 1. The number of anilines is 3. The van der Waals surface area contributed by atoms with E-state index >= 15 is 0 Å². The highest BCUT2D eigenvalue weighted by atomic mass is 19.1. The van der Waals surface area contributed by atoms with E-state index in [1.807, 2.05) is 36.1 Å². The van der Waals surface area contributed by atoms with Gasteiger partial charge in [0, 0.05) is 17.8 Å². The predicted octanol–water partition coefficient (Wildman–Crippen LogP) is 3.19. The molecule has 2 aromatic rings. The molecule has 2 aromatic carbocycles. The molecule has 1 heterocycles. The third-order valence-corrected chi connectivity index (χ3v) is 3.81. The van der Waals surface area contributed by atoms with Crippen LogP contribution in [0.3, 0.4) is 0 Å². The molecule has 0 saturated carbocycles. The largest absolute Gasteiger partial charge is 0.478 e. The summed E-state index contributed by atoms with van der Waals surface area (Å²) in [4.78, 5) is 12.9. The van der Waals surface area contributed by atoms with E-state index in [9.17, 15) is 9.18 Å². The summed E-state index contributed by atoms with van der Waals surface area (Å²) in [7, 11) is 0. The van der Waals surface area contributed by atoms with E-state index in [0.717, 1.165) is 12.1 Å². The molecule has 0 bridgehead atoms. The van der Waals surface area contributed by atoms with Crippen LogP contribution in [0.4, 0.5) is 21.5 Å². The molecule has 0 fully saturated rings. The number of rotatable bonds is 2. The number of benzene rings is 2. The monoisotopic (exact) mass is 286 g/mol. The first-order valence-corrected chi connectivity index (χ1v) is 6.68. The van der Waals surface area contributed by atoms with Crippen LogP contribution in [0.15, 0.2) is 36.4 Å². The Labute approximate surface area is 121 Å². The van der Waals surface area contributed by atoms with Crippen LogP contribution in [0, 0.1) is 5.82 Å². The highest BCUT2D eigenvalue weighted by Crippen LogP contribution is 2.41. The third-order valence-electron chi connectivity index (χ3n) is 3.81. The van der Waals surface area contributed by atoms with Gasteiger partial charge in [-0.15, -0.1) is 0 Å². The lowest BCUT2D eigenvalue weighted by molar-refractivity contribution is 0.0692. The zero-order valence-electron chi connectivity index (χ0n) is 11.5. The molecule has 3 rings (SSSR count). The second-order valence-electron chi connectivity index (χ2n) is 5.25. The molecule has 1 atom stereocenters. The summed E-state index contributed by atoms with van der Waals surface area (Å²) in [5.41, 5.74) is 8.48. The number of fused-ring (bicyclic) bond motifs is 1. The SMILES string of the molecule is CC1Cc2ccccc2N1c1cc(F)c(C(=O)O)cc1N. The van der Waals surface area contributed by atoms with E-state index in [-0.39, 0.29) is 11.7 Å². The van der Waals surface area contributed by atoms with Crippen LogP contribution >= 0.6 is 0 Å². The van der Waals surface area contributed by atoms with Gasteiger partial charge in [0.25, 0.3) is 0 Å². The number of hydrogen-bond acceptors (Lipinski definition) is 3. The highest BCUT2D eigenvalue weighted by molar-refractivity contribution is 5.92. The standard InChI is InChI=1S/C16H15FN2O2/c1-9-6-10-4-2-3-5-14(10)19(9)15-8-12(17)11(16(20)21)7-13(15)18/h2-5,7-9H,6,18H2,1H3,(H,20,21). The molecule has 0 aromatic heterocycles. The van der Waals surface area contributed by atoms with Gasteiger partial charge in [-0.25, -0.2) is 9.18 Å². The summed E-state index contributed by atoms with van der Waals surface area (Å²) >= 11 is 0. The van der Waals surface area contributed by atoms with Gasteiger partial charge in [-0.3, -0.25) is 0 Å². The van der Waals surface area contributed by atoms with Gasteiger partial charge >= 0.3 is 5.97 Å². The number of halogens is 1. The van der Waals surface area contributed by atoms with Crippen molar-refractivity contribution in [2.45, 2.75) is 19.4 Å². The molecule has 0 aliphatic carbocycles. The lowest BCUT2D eigenvalue weighted by Gasteiger charge is -2.26. The second kappa shape index (κ2) is 4.77. The topological polar surface area (TPSA) is 66.6 Å². The normalized spacial score (nSPS) is 16.9. The van der Waals surface area contributed by atoms with Crippen molar-refractivity contribution in [3.8, 4) is 0 Å². The Bertz CT molecular complexity index is 730. The molecule has 1 aliphatic rings. The molecule has 3 N–H and O–H groups in total. The molecule has 0 radical (unpaired) electrons. The fourth-order valence-corrected chi connectivity index (χ4v) is 2.88. The van der Waals surface area contributed by atoms with Gasteiger partial charge in [0.1, 0.15) is 5.82 Å². The molecular formula is C16H15FN2O2. The Kier molecular flexibility index (Phi) is 3.05. The van der Waals surface area contributed by atoms with Gasteiger partial charge in [-0.1, -0.05) is 18.2 Å². The van der Waals surface area contributed by atoms with Gasteiger partial charge in [0.2, 0.25) is 0 Å². The lowest BCUT2D eigenvalue weighted by Crippen LogP contribution is -2.25. The molecule has 108 valence electrons. The quantitative estimate of drug-likeness (QED) is 0.832. The molecule has 4 nitrogen and oxygen atoms in total. The Balaban J connectivity index is 2.13. The number of nitrogens with zero attached hydrogens (tertiary/aromatic N) is 1. The minimum Gasteiger partial charge on any atom is -0.478 e. The minimum atomic E-state index is -1.32. The Hall–Kier alpha value is -2.56. The molecular weight excluding hydrogens is 271 g/mol. The van der Waals surface area contributed by atoms with E-state index in [2.05, 4.69) is 0 Å². The first kappa shape index (κ1) is 13.4. The molecule has 21 heavy (non-hydrogen) atoms. The molecule has 5 heteroatoms. The lowest BCUT2D eigenvalue weighted by atomic mass is 10.1. The second-order valence-corrected chi connectivity index (χ2v) is 5.25. The van der Waals surface area contributed by atoms with Crippen molar-refractivity contribution >= 4 is 23.0 Å². The number of carboxylic acids is 1. The van der Waals surface area contributed by atoms with E-state index in [1.54, 1.807) is 0 Å². The van der Waals surface area contributed by atoms with Gasteiger partial charge < -0.3 is 15.7 Å². The van der Waals surface area contributed by atoms with Crippen molar-refractivity contribution in [2.75, 3.05) is 10.6 Å². The van der Waals surface area contributed by atoms with Gasteiger partial charge in [-0.2, -0.15) is 0 Å². The van der Waals surface area contributed by atoms with Crippen LogP contribution in [-0.4, -0.2) is 17.1 Å². The Morgan fingerprint density at radius 1 is 1.33 bits per heavy atom. The summed E-state index contributed by atoms with van der Waals surface area (Å²) in [5.74, 6) is -2.09. The molecule has 1 unspecified atom stereocenters. The van der Waals surface area contributed by atoms with Crippen molar-refractivity contribution in [1.82, 2.24) is 0 Å². The molecule has 0 saturated heterocycles. The van der Waals surface area contributed by atoms with Crippen LogP contribution in [0.1, 0.15) is 22.8 Å².